The fraction of sp³-hybridized carbons (Fsp3) is 0.167. The van der Waals surface area contributed by atoms with Gasteiger partial charge in [0.2, 0.25) is 0 Å². The van der Waals surface area contributed by atoms with Crippen molar-refractivity contribution in [2.24, 2.45) is 0 Å². The number of hydrogen-bond acceptors (Lipinski definition) is 5. The number of nitrogens with zero attached hydrogens (tertiary/aromatic N) is 3. The number of carbonyl (C=O) groups excluding carboxylic acids is 1. The van der Waals surface area contributed by atoms with Crippen LogP contribution in [0.4, 0.5) is 4.39 Å². The first-order valence-corrected chi connectivity index (χ1v) is 8.04. The minimum atomic E-state index is -0.374. The number of fused-ring (bicyclic) bond motifs is 1. The predicted octanol–water partition coefficient (Wildman–Crippen LogP) is 1.98. The van der Waals surface area contributed by atoms with Crippen LogP contribution in [-0.2, 0) is 0 Å². The van der Waals surface area contributed by atoms with Crippen molar-refractivity contribution < 1.29 is 18.7 Å². The Morgan fingerprint density at radius 2 is 1.96 bits per heavy atom. The summed E-state index contributed by atoms with van der Waals surface area (Å²) in [4.78, 5) is 12.2. The Labute approximate surface area is 148 Å². The number of nitrogens with one attached hydrogen (secondary N) is 1. The van der Waals surface area contributed by atoms with Crippen LogP contribution in [0.25, 0.3) is 5.69 Å². The molecular formula is C18H15FN4O3. The molecule has 1 amide bonds. The summed E-state index contributed by atoms with van der Waals surface area (Å²) >= 11 is 0. The molecule has 7 nitrogen and oxygen atoms in total. The molecule has 1 aliphatic heterocycles. The molecule has 1 aromatic heterocycles. The number of amides is 1. The maximum absolute atomic E-state index is 13.0. The van der Waals surface area contributed by atoms with E-state index in [1.807, 2.05) is 24.3 Å². The van der Waals surface area contributed by atoms with E-state index in [-0.39, 0.29) is 30.1 Å². The normalized spacial score (nSPS) is 15.5. The third-order valence-electron chi connectivity index (χ3n) is 3.88. The third-order valence-corrected chi connectivity index (χ3v) is 3.88. The lowest BCUT2D eigenvalue weighted by Gasteiger charge is -2.26. The molecule has 0 fully saturated rings. The molecule has 0 saturated heterocycles. The zero-order valence-electron chi connectivity index (χ0n) is 13.6. The summed E-state index contributed by atoms with van der Waals surface area (Å²) < 4.78 is 25.8. The number of para-hydroxylation sites is 2. The molecule has 26 heavy (non-hydrogen) atoms. The maximum atomic E-state index is 13.0. The number of carbonyl (C=O) groups is 1. The van der Waals surface area contributed by atoms with E-state index < -0.39 is 0 Å². The minimum Gasteiger partial charge on any atom is -0.486 e. The van der Waals surface area contributed by atoms with Crippen molar-refractivity contribution in [3.05, 3.63) is 66.2 Å². The fourth-order valence-corrected chi connectivity index (χ4v) is 2.55. The van der Waals surface area contributed by atoms with Crippen molar-refractivity contribution in [1.82, 2.24) is 20.3 Å². The van der Waals surface area contributed by atoms with Crippen LogP contribution in [0.1, 0.15) is 10.5 Å². The van der Waals surface area contributed by atoms with Gasteiger partial charge in [-0.2, -0.15) is 0 Å². The van der Waals surface area contributed by atoms with Gasteiger partial charge in [-0.25, -0.2) is 9.07 Å². The Morgan fingerprint density at radius 3 is 2.77 bits per heavy atom. The van der Waals surface area contributed by atoms with Crippen LogP contribution < -0.4 is 14.8 Å². The Morgan fingerprint density at radius 1 is 1.19 bits per heavy atom. The highest BCUT2D eigenvalue weighted by Gasteiger charge is 2.22. The summed E-state index contributed by atoms with van der Waals surface area (Å²) in [5.74, 6) is 0.626. The molecule has 0 saturated carbocycles. The van der Waals surface area contributed by atoms with Crippen molar-refractivity contribution in [2.45, 2.75) is 6.10 Å². The van der Waals surface area contributed by atoms with Gasteiger partial charge in [0.15, 0.2) is 17.2 Å². The van der Waals surface area contributed by atoms with Gasteiger partial charge in [-0.15, -0.1) is 5.10 Å². The van der Waals surface area contributed by atoms with E-state index >= 15 is 0 Å². The second-order valence-corrected chi connectivity index (χ2v) is 5.73. The molecule has 8 heteroatoms. The van der Waals surface area contributed by atoms with Gasteiger partial charge < -0.3 is 14.8 Å². The Kier molecular flexibility index (Phi) is 4.22. The van der Waals surface area contributed by atoms with Gasteiger partial charge in [-0.1, -0.05) is 17.3 Å². The van der Waals surface area contributed by atoms with Crippen LogP contribution in [-0.4, -0.2) is 40.2 Å². The number of benzene rings is 2. The van der Waals surface area contributed by atoms with E-state index in [1.165, 1.54) is 23.0 Å². The van der Waals surface area contributed by atoms with Crippen LogP contribution in [0.15, 0.2) is 54.7 Å². The first-order valence-electron chi connectivity index (χ1n) is 8.04. The molecule has 132 valence electrons. The summed E-state index contributed by atoms with van der Waals surface area (Å²) in [6, 6.07) is 13.1. The first-order chi connectivity index (χ1) is 12.7. The van der Waals surface area contributed by atoms with Crippen LogP contribution in [0.2, 0.25) is 0 Å². The number of aromatic nitrogens is 3. The number of ether oxygens (including phenoxy) is 2. The van der Waals surface area contributed by atoms with Gasteiger partial charge >= 0.3 is 0 Å². The lowest BCUT2D eigenvalue weighted by Crippen LogP contribution is -2.40. The molecule has 1 atom stereocenters. The zero-order valence-corrected chi connectivity index (χ0v) is 13.6. The van der Waals surface area contributed by atoms with Crippen LogP contribution in [0.5, 0.6) is 11.5 Å². The van der Waals surface area contributed by atoms with Gasteiger partial charge in [0.05, 0.1) is 18.4 Å². The second kappa shape index (κ2) is 6.83. The summed E-state index contributed by atoms with van der Waals surface area (Å²) in [7, 11) is 0. The van der Waals surface area contributed by atoms with Crippen LogP contribution >= 0.6 is 0 Å². The molecule has 1 aliphatic rings. The van der Waals surface area contributed by atoms with Crippen molar-refractivity contribution in [3.8, 4) is 17.2 Å². The molecule has 0 aliphatic carbocycles. The summed E-state index contributed by atoms with van der Waals surface area (Å²) in [6.07, 6.45) is 1.19. The van der Waals surface area contributed by atoms with Gasteiger partial charge in [-0.3, -0.25) is 4.79 Å². The quantitative estimate of drug-likeness (QED) is 0.775. The van der Waals surface area contributed by atoms with Crippen molar-refractivity contribution >= 4 is 5.91 Å². The minimum absolute atomic E-state index is 0.159. The molecule has 1 N–H and O–H groups in total. The largest absolute Gasteiger partial charge is 0.486 e. The number of halogens is 1. The Balaban J connectivity index is 1.36. The Hall–Kier alpha value is -3.42. The monoisotopic (exact) mass is 354 g/mol. The first kappa shape index (κ1) is 16.1. The number of rotatable bonds is 4. The van der Waals surface area contributed by atoms with E-state index in [9.17, 15) is 9.18 Å². The predicted molar refractivity (Wildman–Crippen MR) is 90.0 cm³/mol. The molecule has 0 bridgehead atoms. The number of hydrogen-bond donors (Lipinski definition) is 1. The molecule has 0 spiro atoms. The molecule has 4 rings (SSSR count). The van der Waals surface area contributed by atoms with Crippen molar-refractivity contribution in [3.63, 3.8) is 0 Å². The molecule has 3 aromatic rings. The van der Waals surface area contributed by atoms with E-state index in [0.29, 0.717) is 23.8 Å². The molecule has 0 radical (unpaired) electrons. The molecular weight excluding hydrogens is 339 g/mol. The van der Waals surface area contributed by atoms with Gasteiger partial charge in [0, 0.05) is 0 Å². The highest BCUT2D eigenvalue weighted by molar-refractivity contribution is 5.91. The summed E-state index contributed by atoms with van der Waals surface area (Å²) in [6.45, 7) is 0.621. The average molecular weight is 354 g/mol. The van der Waals surface area contributed by atoms with Crippen LogP contribution in [0, 0.1) is 5.82 Å². The molecule has 2 heterocycles. The smallest absolute Gasteiger partial charge is 0.273 e. The van der Waals surface area contributed by atoms with Gasteiger partial charge in [-0.05, 0) is 36.4 Å². The van der Waals surface area contributed by atoms with Crippen molar-refractivity contribution in [2.75, 3.05) is 13.2 Å². The molecule has 2 aromatic carbocycles. The summed E-state index contributed by atoms with van der Waals surface area (Å²) in [5, 5.41) is 10.5. The Bertz CT molecular complexity index is 926. The van der Waals surface area contributed by atoms with Crippen molar-refractivity contribution in [1.29, 1.82) is 0 Å². The lowest BCUT2D eigenvalue weighted by atomic mass is 10.2. The molecule has 1 unspecified atom stereocenters. The van der Waals surface area contributed by atoms with Gasteiger partial charge in [0.1, 0.15) is 18.5 Å². The second-order valence-electron chi connectivity index (χ2n) is 5.73. The summed E-state index contributed by atoms with van der Waals surface area (Å²) in [5.41, 5.74) is 0.769. The standard InChI is InChI=1S/C18H15FN4O3/c19-12-5-7-13(8-6-12)23-10-15(21-22-23)18(24)20-9-14-11-25-16-3-1-2-4-17(16)26-14/h1-8,10,14H,9,11H2,(H,20,24). The fourth-order valence-electron chi connectivity index (χ4n) is 2.55. The zero-order chi connectivity index (χ0) is 17.9. The highest BCUT2D eigenvalue weighted by atomic mass is 19.1. The maximum Gasteiger partial charge on any atom is 0.273 e. The third kappa shape index (κ3) is 3.34. The van der Waals surface area contributed by atoms with Gasteiger partial charge in [0.25, 0.3) is 5.91 Å². The van der Waals surface area contributed by atoms with E-state index in [4.69, 9.17) is 9.47 Å². The highest BCUT2D eigenvalue weighted by Crippen LogP contribution is 2.30. The van der Waals surface area contributed by atoms with E-state index in [0.717, 1.165) is 0 Å². The topological polar surface area (TPSA) is 78.3 Å². The van der Waals surface area contributed by atoms with Crippen LogP contribution in [0.3, 0.4) is 0 Å². The van der Waals surface area contributed by atoms with E-state index in [2.05, 4.69) is 15.6 Å². The average Bonchev–Trinajstić information content (AvgIpc) is 3.17. The SMILES string of the molecule is O=C(NCC1COc2ccccc2O1)c1cn(-c2ccc(F)cc2)nn1. The van der Waals surface area contributed by atoms with E-state index in [1.54, 1.807) is 12.1 Å². The lowest BCUT2D eigenvalue weighted by molar-refractivity contribution is 0.0786.